The monoisotopic (exact) mass is 286 g/mol. The second kappa shape index (κ2) is 6.26. The van der Waals surface area contributed by atoms with Crippen LogP contribution in [0.2, 0.25) is 0 Å². The molecule has 0 aliphatic rings. The number of hydrogen-bond donors (Lipinski definition) is 1. The zero-order chi connectivity index (χ0) is 15.4. The molecule has 0 spiro atoms. The number of ether oxygens (including phenoxy) is 1. The molecule has 1 aromatic heterocycles. The molecule has 1 aromatic carbocycles. The second-order valence-corrected chi connectivity index (χ2v) is 4.77. The Balaban J connectivity index is 2.17. The van der Waals surface area contributed by atoms with Crippen molar-refractivity contribution in [1.29, 1.82) is 0 Å². The summed E-state index contributed by atoms with van der Waals surface area (Å²) < 4.78 is 6.54. The van der Waals surface area contributed by atoms with Crippen LogP contribution in [0.3, 0.4) is 0 Å². The fourth-order valence-corrected chi connectivity index (χ4v) is 2.14. The fourth-order valence-electron chi connectivity index (χ4n) is 2.14. The predicted octanol–water partition coefficient (Wildman–Crippen LogP) is 2.37. The summed E-state index contributed by atoms with van der Waals surface area (Å²) in [6.07, 6.45) is 0. The van der Waals surface area contributed by atoms with E-state index in [0.717, 1.165) is 11.4 Å². The molecular formula is C16H18N2O3. The standard InChI is InChI=1S/C16H18N2O3/c1-11-5-4-6-15(19)18(11)12(2)16(20)17-13-7-9-14(21-3)10-8-13/h4-10,12H,1-3H3,(H,17,20). The van der Waals surface area contributed by atoms with E-state index in [-0.39, 0.29) is 11.5 Å². The van der Waals surface area contributed by atoms with Crippen molar-refractivity contribution in [2.45, 2.75) is 19.9 Å². The van der Waals surface area contributed by atoms with Crippen LogP contribution in [-0.4, -0.2) is 17.6 Å². The van der Waals surface area contributed by atoms with Crippen molar-refractivity contribution >= 4 is 11.6 Å². The van der Waals surface area contributed by atoms with Crippen LogP contribution >= 0.6 is 0 Å². The summed E-state index contributed by atoms with van der Waals surface area (Å²) in [7, 11) is 1.58. The van der Waals surface area contributed by atoms with E-state index in [1.807, 2.05) is 0 Å². The third-order valence-corrected chi connectivity index (χ3v) is 3.32. The van der Waals surface area contributed by atoms with E-state index < -0.39 is 6.04 Å². The van der Waals surface area contributed by atoms with E-state index in [0.29, 0.717) is 5.69 Å². The molecule has 110 valence electrons. The van der Waals surface area contributed by atoms with Crippen LogP contribution in [0.4, 0.5) is 5.69 Å². The van der Waals surface area contributed by atoms with E-state index in [2.05, 4.69) is 5.32 Å². The molecule has 2 rings (SSSR count). The second-order valence-electron chi connectivity index (χ2n) is 4.77. The first-order valence-electron chi connectivity index (χ1n) is 6.66. The molecule has 2 aromatic rings. The minimum absolute atomic E-state index is 0.188. The van der Waals surface area contributed by atoms with E-state index in [1.165, 1.54) is 10.6 Å². The number of nitrogens with one attached hydrogen (secondary N) is 1. The van der Waals surface area contributed by atoms with Crippen LogP contribution < -0.4 is 15.6 Å². The quantitative estimate of drug-likeness (QED) is 0.938. The molecule has 0 fully saturated rings. The summed E-state index contributed by atoms with van der Waals surface area (Å²) in [5.74, 6) is 0.479. The largest absolute Gasteiger partial charge is 0.497 e. The first kappa shape index (κ1) is 14.8. The van der Waals surface area contributed by atoms with Crippen molar-refractivity contribution in [2.24, 2.45) is 0 Å². The van der Waals surface area contributed by atoms with Gasteiger partial charge in [-0.2, -0.15) is 0 Å². The first-order valence-corrected chi connectivity index (χ1v) is 6.66. The highest BCUT2D eigenvalue weighted by Gasteiger charge is 2.17. The van der Waals surface area contributed by atoms with Gasteiger partial charge >= 0.3 is 0 Å². The number of benzene rings is 1. The number of pyridine rings is 1. The molecule has 0 saturated carbocycles. The summed E-state index contributed by atoms with van der Waals surface area (Å²) in [5, 5.41) is 2.79. The summed E-state index contributed by atoms with van der Waals surface area (Å²) >= 11 is 0. The Bertz CT molecular complexity index is 689. The Kier molecular flexibility index (Phi) is 4.42. The third kappa shape index (κ3) is 3.31. The molecule has 0 aliphatic heterocycles. The molecule has 5 nitrogen and oxygen atoms in total. The predicted molar refractivity (Wildman–Crippen MR) is 81.8 cm³/mol. The fraction of sp³-hybridized carbons (Fsp3) is 0.250. The molecular weight excluding hydrogens is 268 g/mol. The van der Waals surface area contributed by atoms with Gasteiger partial charge in [0.1, 0.15) is 11.8 Å². The Hall–Kier alpha value is -2.56. The van der Waals surface area contributed by atoms with Gasteiger partial charge in [0, 0.05) is 17.4 Å². The Morgan fingerprint density at radius 3 is 2.43 bits per heavy atom. The maximum atomic E-state index is 12.3. The molecule has 1 amide bonds. The Morgan fingerprint density at radius 2 is 1.86 bits per heavy atom. The Labute approximate surface area is 123 Å². The van der Waals surface area contributed by atoms with Gasteiger partial charge in [-0.25, -0.2) is 0 Å². The molecule has 5 heteroatoms. The van der Waals surface area contributed by atoms with Gasteiger partial charge in [-0.3, -0.25) is 9.59 Å². The number of anilines is 1. The smallest absolute Gasteiger partial charge is 0.251 e. The molecule has 0 bridgehead atoms. The SMILES string of the molecule is COc1ccc(NC(=O)C(C)n2c(C)cccc2=O)cc1. The van der Waals surface area contributed by atoms with Gasteiger partial charge in [0.2, 0.25) is 5.91 Å². The minimum atomic E-state index is -0.583. The molecule has 0 aliphatic carbocycles. The molecule has 1 atom stereocenters. The van der Waals surface area contributed by atoms with Crippen molar-refractivity contribution in [2.75, 3.05) is 12.4 Å². The lowest BCUT2D eigenvalue weighted by Gasteiger charge is -2.17. The maximum Gasteiger partial charge on any atom is 0.251 e. The lowest BCUT2D eigenvalue weighted by Crippen LogP contribution is -2.32. The zero-order valence-corrected chi connectivity index (χ0v) is 12.3. The maximum absolute atomic E-state index is 12.3. The van der Waals surface area contributed by atoms with Gasteiger partial charge in [0.15, 0.2) is 0 Å². The molecule has 1 unspecified atom stereocenters. The van der Waals surface area contributed by atoms with Crippen LogP contribution in [-0.2, 0) is 4.79 Å². The van der Waals surface area contributed by atoms with Gasteiger partial charge in [-0.05, 0) is 44.2 Å². The molecule has 0 radical (unpaired) electrons. The van der Waals surface area contributed by atoms with Crippen molar-refractivity contribution in [3.63, 3.8) is 0 Å². The van der Waals surface area contributed by atoms with Crippen LogP contribution in [0.25, 0.3) is 0 Å². The van der Waals surface area contributed by atoms with Gasteiger partial charge in [-0.15, -0.1) is 0 Å². The average Bonchev–Trinajstić information content (AvgIpc) is 2.47. The van der Waals surface area contributed by atoms with Crippen LogP contribution in [0, 0.1) is 6.92 Å². The number of hydrogen-bond acceptors (Lipinski definition) is 3. The number of nitrogens with zero attached hydrogens (tertiary/aromatic N) is 1. The molecule has 21 heavy (non-hydrogen) atoms. The van der Waals surface area contributed by atoms with Gasteiger partial charge < -0.3 is 14.6 Å². The average molecular weight is 286 g/mol. The first-order chi connectivity index (χ1) is 10.0. The van der Waals surface area contributed by atoms with Crippen LogP contribution in [0.1, 0.15) is 18.7 Å². The topological polar surface area (TPSA) is 60.3 Å². The Morgan fingerprint density at radius 1 is 1.19 bits per heavy atom. The van der Waals surface area contributed by atoms with E-state index in [1.54, 1.807) is 57.4 Å². The highest BCUT2D eigenvalue weighted by atomic mass is 16.5. The van der Waals surface area contributed by atoms with Crippen LogP contribution in [0.15, 0.2) is 47.3 Å². The summed E-state index contributed by atoms with van der Waals surface area (Å²) in [6.45, 7) is 3.51. The number of amides is 1. The van der Waals surface area contributed by atoms with Gasteiger partial charge in [-0.1, -0.05) is 6.07 Å². The van der Waals surface area contributed by atoms with Crippen molar-refractivity contribution in [3.05, 3.63) is 58.5 Å². The zero-order valence-electron chi connectivity index (χ0n) is 12.3. The lowest BCUT2D eigenvalue weighted by molar-refractivity contribution is -0.118. The number of carbonyl (C=O) groups is 1. The van der Waals surface area contributed by atoms with Gasteiger partial charge in [0.05, 0.1) is 7.11 Å². The normalized spacial score (nSPS) is 11.8. The number of aromatic nitrogens is 1. The lowest BCUT2D eigenvalue weighted by atomic mass is 10.2. The number of carbonyl (C=O) groups excluding carboxylic acids is 1. The minimum Gasteiger partial charge on any atom is -0.497 e. The molecule has 1 heterocycles. The third-order valence-electron chi connectivity index (χ3n) is 3.32. The summed E-state index contributed by atoms with van der Waals surface area (Å²) in [4.78, 5) is 24.2. The number of aryl methyl sites for hydroxylation is 1. The highest BCUT2D eigenvalue weighted by molar-refractivity contribution is 5.93. The van der Waals surface area contributed by atoms with Crippen molar-refractivity contribution < 1.29 is 9.53 Å². The summed E-state index contributed by atoms with van der Waals surface area (Å²) in [5.41, 5.74) is 1.22. The van der Waals surface area contributed by atoms with Crippen molar-refractivity contribution in [3.8, 4) is 5.75 Å². The molecule has 0 saturated heterocycles. The van der Waals surface area contributed by atoms with Crippen LogP contribution in [0.5, 0.6) is 5.75 Å². The number of methoxy groups -OCH3 is 1. The van der Waals surface area contributed by atoms with E-state index in [4.69, 9.17) is 4.74 Å². The van der Waals surface area contributed by atoms with E-state index >= 15 is 0 Å². The highest BCUT2D eigenvalue weighted by Crippen LogP contribution is 2.16. The summed E-state index contributed by atoms with van der Waals surface area (Å²) in [6, 6.07) is 11.4. The van der Waals surface area contributed by atoms with Crippen molar-refractivity contribution in [1.82, 2.24) is 4.57 Å². The van der Waals surface area contributed by atoms with E-state index in [9.17, 15) is 9.59 Å². The number of rotatable bonds is 4. The van der Waals surface area contributed by atoms with Gasteiger partial charge in [0.25, 0.3) is 5.56 Å². The molecule has 1 N–H and O–H groups in total.